The number of hydrogen-bond donors (Lipinski definition) is 2. The quantitative estimate of drug-likeness (QED) is 0.856. The molecule has 20 heavy (non-hydrogen) atoms. The molecule has 2 N–H and O–H groups in total. The fraction of sp³-hybridized carbons (Fsp3) is 0.571. The SMILES string of the molecule is CNCC1CCCCN1c1ccc(S(=O)(=O)NC)cc1. The van der Waals surface area contributed by atoms with Gasteiger partial charge in [-0.1, -0.05) is 0 Å². The van der Waals surface area contributed by atoms with Crippen molar-refractivity contribution in [2.45, 2.75) is 30.2 Å². The van der Waals surface area contributed by atoms with Crippen molar-refractivity contribution >= 4 is 15.7 Å². The molecule has 2 rings (SSSR count). The highest BCUT2D eigenvalue weighted by atomic mass is 32.2. The summed E-state index contributed by atoms with van der Waals surface area (Å²) in [6.45, 7) is 1.99. The Bertz CT molecular complexity index is 526. The van der Waals surface area contributed by atoms with Gasteiger partial charge in [-0.15, -0.1) is 0 Å². The van der Waals surface area contributed by atoms with E-state index in [2.05, 4.69) is 14.9 Å². The molecule has 1 aromatic rings. The molecule has 1 fully saturated rings. The number of benzene rings is 1. The van der Waals surface area contributed by atoms with E-state index in [0.29, 0.717) is 10.9 Å². The minimum atomic E-state index is -3.35. The molecule has 1 unspecified atom stereocenters. The summed E-state index contributed by atoms with van der Waals surface area (Å²) < 4.78 is 25.8. The van der Waals surface area contributed by atoms with Crippen LogP contribution in [0.4, 0.5) is 5.69 Å². The minimum absolute atomic E-state index is 0.311. The van der Waals surface area contributed by atoms with Crippen LogP contribution in [0.1, 0.15) is 19.3 Å². The Balaban J connectivity index is 2.20. The van der Waals surface area contributed by atoms with Gasteiger partial charge in [0, 0.05) is 24.8 Å². The highest BCUT2D eigenvalue weighted by Gasteiger charge is 2.22. The first-order valence-corrected chi connectivity index (χ1v) is 8.51. The molecule has 0 radical (unpaired) electrons. The second-order valence-corrected chi connectivity index (χ2v) is 6.99. The van der Waals surface area contributed by atoms with Gasteiger partial charge in [-0.05, 0) is 57.6 Å². The number of piperidine rings is 1. The van der Waals surface area contributed by atoms with E-state index in [9.17, 15) is 8.42 Å². The van der Waals surface area contributed by atoms with Crippen LogP contribution in [0.2, 0.25) is 0 Å². The van der Waals surface area contributed by atoms with Crippen LogP contribution in [0.5, 0.6) is 0 Å². The lowest BCUT2D eigenvalue weighted by Crippen LogP contribution is -2.45. The molecular weight excluding hydrogens is 274 g/mol. The van der Waals surface area contributed by atoms with Gasteiger partial charge in [-0.25, -0.2) is 13.1 Å². The van der Waals surface area contributed by atoms with Gasteiger partial charge in [-0.2, -0.15) is 0 Å². The number of likely N-dealkylation sites (N-methyl/N-ethyl adjacent to an activating group) is 1. The second kappa shape index (κ2) is 6.56. The van der Waals surface area contributed by atoms with E-state index in [-0.39, 0.29) is 0 Å². The van der Waals surface area contributed by atoms with Gasteiger partial charge < -0.3 is 10.2 Å². The van der Waals surface area contributed by atoms with E-state index >= 15 is 0 Å². The largest absolute Gasteiger partial charge is 0.367 e. The van der Waals surface area contributed by atoms with Crippen LogP contribution in [0, 0.1) is 0 Å². The summed E-state index contributed by atoms with van der Waals surface area (Å²) in [4.78, 5) is 2.68. The second-order valence-electron chi connectivity index (χ2n) is 5.10. The molecule has 1 heterocycles. The van der Waals surface area contributed by atoms with Crippen molar-refractivity contribution in [2.75, 3.05) is 32.1 Å². The van der Waals surface area contributed by atoms with Gasteiger partial charge in [0.25, 0.3) is 0 Å². The Kier molecular flexibility index (Phi) is 5.01. The first kappa shape index (κ1) is 15.3. The zero-order chi connectivity index (χ0) is 14.6. The lowest BCUT2D eigenvalue weighted by Gasteiger charge is -2.37. The summed E-state index contributed by atoms with van der Waals surface area (Å²) in [5.74, 6) is 0. The molecule has 1 atom stereocenters. The summed E-state index contributed by atoms with van der Waals surface area (Å²) in [6, 6.07) is 7.63. The first-order chi connectivity index (χ1) is 9.58. The van der Waals surface area contributed by atoms with E-state index in [1.165, 1.54) is 26.3 Å². The van der Waals surface area contributed by atoms with E-state index < -0.39 is 10.0 Å². The zero-order valence-corrected chi connectivity index (χ0v) is 12.9. The van der Waals surface area contributed by atoms with Crippen molar-refractivity contribution in [2.24, 2.45) is 0 Å². The standard InChI is InChI=1S/C14H23N3O2S/c1-15-11-13-5-3-4-10-17(13)12-6-8-14(9-7-12)20(18,19)16-2/h6-9,13,15-16H,3-5,10-11H2,1-2H3. The van der Waals surface area contributed by atoms with Crippen molar-refractivity contribution in [3.05, 3.63) is 24.3 Å². The molecule has 0 aliphatic carbocycles. The maximum absolute atomic E-state index is 11.7. The smallest absolute Gasteiger partial charge is 0.240 e. The Labute approximate surface area is 121 Å². The Hall–Kier alpha value is -1.11. The Morgan fingerprint density at radius 3 is 2.50 bits per heavy atom. The third-order valence-corrected chi connectivity index (χ3v) is 5.24. The maximum Gasteiger partial charge on any atom is 0.240 e. The fourth-order valence-electron chi connectivity index (χ4n) is 2.72. The molecule has 1 aromatic carbocycles. The minimum Gasteiger partial charge on any atom is -0.367 e. The van der Waals surface area contributed by atoms with E-state index in [1.807, 2.05) is 19.2 Å². The van der Waals surface area contributed by atoms with E-state index in [1.54, 1.807) is 12.1 Å². The third kappa shape index (κ3) is 3.31. The van der Waals surface area contributed by atoms with Crippen LogP contribution in [-0.4, -0.2) is 41.6 Å². The number of nitrogens with zero attached hydrogens (tertiary/aromatic N) is 1. The van der Waals surface area contributed by atoms with Crippen LogP contribution >= 0.6 is 0 Å². The highest BCUT2D eigenvalue weighted by molar-refractivity contribution is 7.89. The number of anilines is 1. The number of hydrogen-bond acceptors (Lipinski definition) is 4. The van der Waals surface area contributed by atoms with Crippen LogP contribution in [-0.2, 0) is 10.0 Å². The summed E-state index contributed by atoms with van der Waals surface area (Å²) in [6.07, 6.45) is 3.63. The number of nitrogens with one attached hydrogen (secondary N) is 2. The molecule has 6 heteroatoms. The van der Waals surface area contributed by atoms with Gasteiger partial charge in [-0.3, -0.25) is 0 Å². The Morgan fingerprint density at radius 1 is 1.20 bits per heavy atom. The monoisotopic (exact) mass is 297 g/mol. The van der Waals surface area contributed by atoms with E-state index in [4.69, 9.17) is 0 Å². The lowest BCUT2D eigenvalue weighted by atomic mass is 10.0. The molecule has 1 saturated heterocycles. The number of sulfonamides is 1. The molecule has 1 aliphatic heterocycles. The summed E-state index contributed by atoms with van der Waals surface area (Å²) >= 11 is 0. The van der Waals surface area contributed by atoms with Gasteiger partial charge in [0.15, 0.2) is 0 Å². The van der Waals surface area contributed by atoms with Crippen molar-refractivity contribution in [1.29, 1.82) is 0 Å². The molecule has 0 saturated carbocycles. The van der Waals surface area contributed by atoms with Gasteiger partial charge in [0.1, 0.15) is 0 Å². The molecular formula is C14H23N3O2S. The normalized spacial score (nSPS) is 20.1. The maximum atomic E-state index is 11.7. The molecule has 5 nitrogen and oxygen atoms in total. The van der Waals surface area contributed by atoms with Crippen LogP contribution in [0.3, 0.4) is 0 Å². The molecule has 0 amide bonds. The zero-order valence-electron chi connectivity index (χ0n) is 12.1. The van der Waals surface area contributed by atoms with E-state index in [0.717, 1.165) is 18.8 Å². The summed E-state index contributed by atoms with van der Waals surface area (Å²) in [7, 11) is 0.0448. The average molecular weight is 297 g/mol. The first-order valence-electron chi connectivity index (χ1n) is 7.03. The molecule has 112 valence electrons. The molecule has 0 bridgehead atoms. The predicted molar refractivity (Wildman–Crippen MR) is 81.6 cm³/mol. The van der Waals surface area contributed by atoms with Crippen LogP contribution < -0.4 is 14.9 Å². The fourth-order valence-corrected chi connectivity index (χ4v) is 3.45. The topological polar surface area (TPSA) is 61.4 Å². The average Bonchev–Trinajstić information content (AvgIpc) is 2.48. The highest BCUT2D eigenvalue weighted by Crippen LogP contribution is 2.25. The third-order valence-electron chi connectivity index (χ3n) is 3.81. The molecule has 1 aliphatic rings. The van der Waals surface area contributed by atoms with Crippen molar-refractivity contribution in [3.8, 4) is 0 Å². The van der Waals surface area contributed by atoms with Crippen molar-refractivity contribution in [3.63, 3.8) is 0 Å². The van der Waals surface area contributed by atoms with Gasteiger partial charge in [0.2, 0.25) is 10.0 Å². The Morgan fingerprint density at radius 2 is 1.90 bits per heavy atom. The van der Waals surface area contributed by atoms with Gasteiger partial charge in [0.05, 0.1) is 4.90 Å². The van der Waals surface area contributed by atoms with Gasteiger partial charge >= 0.3 is 0 Å². The van der Waals surface area contributed by atoms with Crippen molar-refractivity contribution in [1.82, 2.24) is 10.0 Å². The summed E-state index contributed by atoms with van der Waals surface area (Å²) in [5, 5.41) is 3.23. The van der Waals surface area contributed by atoms with Crippen LogP contribution in [0.15, 0.2) is 29.2 Å². The summed E-state index contributed by atoms with van der Waals surface area (Å²) in [5.41, 5.74) is 1.10. The van der Waals surface area contributed by atoms with Crippen molar-refractivity contribution < 1.29 is 8.42 Å². The number of rotatable bonds is 5. The van der Waals surface area contributed by atoms with Crippen LogP contribution in [0.25, 0.3) is 0 Å². The predicted octanol–water partition coefficient (Wildman–Crippen LogP) is 1.17. The molecule has 0 aromatic heterocycles. The lowest BCUT2D eigenvalue weighted by molar-refractivity contribution is 0.446. The molecule has 0 spiro atoms.